The van der Waals surface area contributed by atoms with Crippen LogP contribution in [0.5, 0.6) is 0 Å². The van der Waals surface area contributed by atoms with Crippen LogP contribution >= 0.6 is 0 Å². The van der Waals surface area contributed by atoms with Crippen molar-refractivity contribution in [3.63, 3.8) is 0 Å². The topological polar surface area (TPSA) is 41.1 Å². The maximum absolute atomic E-state index is 11.8. The summed E-state index contributed by atoms with van der Waals surface area (Å²) in [6.45, 7) is 10.5. The number of benzene rings is 1. The van der Waals surface area contributed by atoms with Gasteiger partial charge in [0.15, 0.2) is 0 Å². The minimum absolute atomic E-state index is 0.0287. The number of carbonyl (C=O) groups is 1. The number of anilines is 1. The van der Waals surface area contributed by atoms with Gasteiger partial charge in [-0.3, -0.25) is 4.79 Å². The first-order chi connectivity index (χ1) is 8.32. The number of amides is 1. The predicted octanol–water partition coefficient (Wildman–Crippen LogP) is 3.02. The number of carbonyl (C=O) groups excluding carboxylic acids is 1. The van der Waals surface area contributed by atoms with Crippen LogP contribution in [0.2, 0.25) is 0 Å². The van der Waals surface area contributed by atoms with Crippen molar-refractivity contribution in [2.75, 3.05) is 11.9 Å². The smallest absolute Gasteiger partial charge is 0.239 e. The molecule has 1 rings (SSSR count). The maximum atomic E-state index is 11.8. The fourth-order valence-corrected chi connectivity index (χ4v) is 1.77. The number of aryl methyl sites for hydroxylation is 2. The van der Waals surface area contributed by atoms with E-state index in [-0.39, 0.29) is 11.4 Å². The number of nitrogens with one attached hydrogen (secondary N) is 2. The second-order valence-corrected chi connectivity index (χ2v) is 5.52. The van der Waals surface area contributed by atoms with Crippen molar-refractivity contribution >= 4 is 11.6 Å². The molecular formula is C15H24N2O. The first kappa shape index (κ1) is 14.6. The average Bonchev–Trinajstić information content (AvgIpc) is 2.24. The van der Waals surface area contributed by atoms with Crippen LogP contribution in [-0.4, -0.2) is 18.0 Å². The molecule has 3 nitrogen and oxygen atoms in total. The van der Waals surface area contributed by atoms with Crippen molar-refractivity contribution in [1.82, 2.24) is 5.32 Å². The summed E-state index contributed by atoms with van der Waals surface area (Å²) in [6, 6.07) is 6.21. The summed E-state index contributed by atoms with van der Waals surface area (Å²) < 4.78 is 0. The molecule has 0 saturated carbocycles. The van der Waals surface area contributed by atoms with E-state index in [9.17, 15) is 4.79 Å². The highest BCUT2D eigenvalue weighted by atomic mass is 16.2. The Kier molecular flexibility index (Phi) is 4.76. The Hall–Kier alpha value is -1.51. The molecule has 0 atom stereocenters. The highest BCUT2D eigenvalue weighted by Crippen LogP contribution is 2.13. The summed E-state index contributed by atoms with van der Waals surface area (Å²) in [5.41, 5.74) is 3.26. The first-order valence-corrected chi connectivity index (χ1v) is 6.45. The van der Waals surface area contributed by atoms with E-state index in [1.165, 1.54) is 11.1 Å². The fraction of sp³-hybridized carbons (Fsp3) is 0.533. The molecular weight excluding hydrogens is 224 g/mol. The summed E-state index contributed by atoms with van der Waals surface area (Å²) in [7, 11) is 0. The van der Waals surface area contributed by atoms with Crippen molar-refractivity contribution in [2.45, 2.75) is 46.6 Å². The molecule has 0 bridgehead atoms. The van der Waals surface area contributed by atoms with E-state index in [0.717, 1.165) is 12.1 Å². The van der Waals surface area contributed by atoms with E-state index in [0.29, 0.717) is 6.54 Å². The Morgan fingerprint density at radius 3 is 2.22 bits per heavy atom. The largest absolute Gasteiger partial charge is 0.376 e. The summed E-state index contributed by atoms with van der Waals surface area (Å²) >= 11 is 0. The van der Waals surface area contributed by atoms with Crippen LogP contribution in [-0.2, 0) is 4.79 Å². The number of rotatable bonds is 5. The van der Waals surface area contributed by atoms with Gasteiger partial charge in [0.05, 0.1) is 6.54 Å². The first-order valence-electron chi connectivity index (χ1n) is 6.45. The van der Waals surface area contributed by atoms with Crippen LogP contribution in [0.15, 0.2) is 18.2 Å². The molecule has 1 aromatic rings. The van der Waals surface area contributed by atoms with Gasteiger partial charge in [0.1, 0.15) is 0 Å². The van der Waals surface area contributed by atoms with Crippen molar-refractivity contribution in [1.29, 1.82) is 0 Å². The molecule has 2 N–H and O–H groups in total. The fourth-order valence-electron chi connectivity index (χ4n) is 1.77. The molecule has 0 radical (unpaired) electrons. The molecule has 0 unspecified atom stereocenters. The molecule has 3 heteroatoms. The second kappa shape index (κ2) is 5.89. The van der Waals surface area contributed by atoms with Crippen LogP contribution in [0.25, 0.3) is 0 Å². The lowest BCUT2D eigenvalue weighted by Gasteiger charge is -2.24. The molecule has 18 heavy (non-hydrogen) atoms. The zero-order chi connectivity index (χ0) is 13.8. The number of hydrogen-bond acceptors (Lipinski definition) is 2. The molecule has 0 aliphatic carbocycles. The molecule has 0 spiro atoms. The molecule has 0 aromatic heterocycles. The van der Waals surface area contributed by atoms with Crippen LogP contribution in [0.4, 0.5) is 5.69 Å². The van der Waals surface area contributed by atoms with Crippen LogP contribution < -0.4 is 10.6 Å². The monoisotopic (exact) mass is 248 g/mol. The normalized spacial score (nSPS) is 11.2. The van der Waals surface area contributed by atoms with Crippen LogP contribution in [0.3, 0.4) is 0 Å². The number of hydrogen-bond donors (Lipinski definition) is 2. The summed E-state index contributed by atoms with van der Waals surface area (Å²) in [4.78, 5) is 11.8. The Morgan fingerprint density at radius 1 is 1.17 bits per heavy atom. The molecule has 0 fully saturated rings. The van der Waals surface area contributed by atoms with Gasteiger partial charge in [-0.05, 0) is 57.4 Å². The maximum Gasteiger partial charge on any atom is 0.239 e. The highest BCUT2D eigenvalue weighted by molar-refractivity contribution is 5.81. The Morgan fingerprint density at radius 2 is 1.72 bits per heavy atom. The molecule has 0 aliphatic rings. The third kappa shape index (κ3) is 4.78. The van der Waals surface area contributed by atoms with E-state index >= 15 is 0 Å². The van der Waals surface area contributed by atoms with Gasteiger partial charge in [0, 0.05) is 11.2 Å². The average molecular weight is 248 g/mol. The van der Waals surface area contributed by atoms with E-state index in [4.69, 9.17) is 0 Å². The minimum atomic E-state index is -0.138. The van der Waals surface area contributed by atoms with E-state index in [1.54, 1.807) is 0 Å². The van der Waals surface area contributed by atoms with Crippen molar-refractivity contribution in [3.05, 3.63) is 29.3 Å². The standard InChI is InChI=1S/C15H24N2O/c1-6-15(4,5)17-14(18)10-16-13-8-11(2)7-12(3)9-13/h7-9,16H,6,10H2,1-5H3,(H,17,18). The van der Waals surface area contributed by atoms with Crippen molar-refractivity contribution in [3.8, 4) is 0 Å². The summed E-state index contributed by atoms with van der Waals surface area (Å²) in [6.07, 6.45) is 0.919. The van der Waals surface area contributed by atoms with Gasteiger partial charge in [-0.15, -0.1) is 0 Å². The van der Waals surface area contributed by atoms with E-state index in [2.05, 4.69) is 37.5 Å². The van der Waals surface area contributed by atoms with E-state index < -0.39 is 0 Å². The summed E-state index contributed by atoms with van der Waals surface area (Å²) in [5.74, 6) is 0.0287. The van der Waals surface area contributed by atoms with Crippen LogP contribution in [0, 0.1) is 13.8 Å². The molecule has 1 aromatic carbocycles. The lowest BCUT2D eigenvalue weighted by atomic mass is 10.0. The molecule has 0 aliphatic heterocycles. The lowest BCUT2D eigenvalue weighted by Crippen LogP contribution is -2.45. The predicted molar refractivity (Wildman–Crippen MR) is 76.9 cm³/mol. The third-order valence-corrected chi connectivity index (χ3v) is 3.04. The zero-order valence-corrected chi connectivity index (χ0v) is 12.1. The van der Waals surface area contributed by atoms with Gasteiger partial charge in [-0.1, -0.05) is 13.0 Å². The Balaban J connectivity index is 2.52. The van der Waals surface area contributed by atoms with E-state index in [1.807, 2.05) is 26.0 Å². The highest BCUT2D eigenvalue weighted by Gasteiger charge is 2.17. The molecule has 0 saturated heterocycles. The third-order valence-electron chi connectivity index (χ3n) is 3.04. The quantitative estimate of drug-likeness (QED) is 0.841. The zero-order valence-electron chi connectivity index (χ0n) is 12.1. The minimum Gasteiger partial charge on any atom is -0.376 e. The Bertz CT molecular complexity index is 404. The lowest BCUT2D eigenvalue weighted by molar-refractivity contribution is -0.121. The van der Waals surface area contributed by atoms with Gasteiger partial charge in [-0.2, -0.15) is 0 Å². The van der Waals surface area contributed by atoms with Crippen LogP contribution in [0.1, 0.15) is 38.3 Å². The van der Waals surface area contributed by atoms with Crippen molar-refractivity contribution < 1.29 is 4.79 Å². The Labute approximate surface area is 110 Å². The van der Waals surface area contributed by atoms with Gasteiger partial charge >= 0.3 is 0 Å². The second-order valence-electron chi connectivity index (χ2n) is 5.52. The molecule has 0 heterocycles. The van der Waals surface area contributed by atoms with Gasteiger partial charge in [0.25, 0.3) is 0 Å². The van der Waals surface area contributed by atoms with Crippen molar-refractivity contribution in [2.24, 2.45) is 0 Å². The summed E-state index contributed by atoms with van der Waals surface area (Å²) in [5, 5.41) is 6.16. The van der Waals surface area contributed by atoms with Gasteiger partial charge < -0.3 is 10.6 Å². The molecule has 100 valence electrons. The SMILES string of the molecule is CCC(C)(C)NC(=O)CNc1cc(C)cc(C)c1. The van der Waals surface area contributed by atoms with Gasteiger partial charge in [0.2, 0.25) is 5.91 Å². The van der Waals surface area contributed by atoms with Gasteiger partial charge in [-0.25, -0.2) is 0 Å². The molecule has 1 amide bonds.